The summed E-state index contributed by atoms with van der Waals surface area (Å²) in [6.45, 7) is 1.97. The first-order valence-electron chi connectivity index (χ1n) is 9.84. The van der Waals surface area contributed by atoms with Gasteiger partial charge in [-0.05, 0) is 25.5 Å². The zero-order valence-electron chi connectivity index (χ0n) is 16.8. The summed E-state index contributed by atoms with van der Waals surface area (Å²) >= 11 is 0. The van der Waals surface area contributed by atoms with Crippen LogP contribution in [0.2, 0.25) is 0 Å². The Morgan fingerprint density at radius 1 is 1.22 bits per heavy atom. The van der Waals surface area contributed by atoms with Gasteiger partial charge in [-0.3, -0.25) is 19.2 Å². The number of rotatable bonds is 3. The van der Waals surface area contributed by atoms with E-state index in [0.717, 1.165) is 22.9 Å². The number of alkyl halides is 5. The minimum atomic E-state index is -4.73. The molecule has 0 N–H and O–H groups in total. The Morgan fingerprint density at radius 2 is 1.97 bits per heavy atom. The van der Waals surface area contributed by atoms with Crippen LogP contribution in [0.5, 0.6) is 0 Å². The summed E-state index contributed by atoms with van der Waals surface area (Å²) in [4.78, 5) is 22.6. The Balaban J connectivity index is 1.88. The molecule has 1 saturated heterocycles. The van der Waals surface area contributed by atoms with Crippen molar-refractivity contribution in [3.63, 3.8) is 0 Å². The van der Waals surface area contributed by atoms with Gasteiger partial charge in [0.05, 0.1) is 31.1 Å². The molecule has 2 aromatic rings. The van der Waals surface area contributed by atoms with E-state index in [0.29, 0.717) is 4.90 Å². The van der Waals surface area contributed by atoms with E-state index in [-0.39, 0.29) is 37.3 Å². The second-order valence-corrected chi connectivity index (χ2v) is 7.58. The van der Waals surface area contributed by atoms with Crippen LogP contribution < -0.4 is 15.4 Å². The van der Waals surface area contributed by atoms with Crippen LogP contribution in [0, 0.1) is 5.82 Å². The standard InChI is InChI=1S/C19H19F6N5O2/c1-10-9-32-7-6-28(10)16-14(20)17(31)29-5-4-13(19(23,24)25)30(18(29)27-16)11-2-3-12(15(21)22)26-8-11/h2-3,8,10,13,15H,4-7,9H2,1H3. The molecule has 0 aliphatic carbocycles. The van der Waals surface area contributed by atoms with Crippen molar-refractivity contribution in [2.45, 2.75) is 44.6 Å². The fourth-order valence-corrected chi connectivity index (χ4v) is 3.92. The Morgan fingerprint density at radius 3 is 2.56 bits per heavy atom. The maximum atomic E-state index is 14.9. The van der Waals surface area contributed by atoms with Crippen molar-refractivity contribution in [2.75, 3.05) is 29.6 Å². The van der Waals surface area contributed by atoms with Crippen LogP contribution in [0.4, 0.5) is 43.8 Å². The molecule has 4 heterocycles. The minimum Gasteiger partial charge on any atom is -0.377 e. The average Bonchev–Trinajstić information content (AvgIpc) is 2.75. The SMILES string of the molecule is CC1COCCN1c1nc2n(c(=O)c1F)CCC(C(F)(F)F)N2c1ccc(C(F)F)nc1. The molecule has 0 amide bonds. The van der Waals surface area contributed by atoms with Crippen molar-refractivity contribution in [2.24, 2.45) is 0 Å². The molecular weight excluding hydrogens is 444 g/mol. The third-order valence-corrected chi connectivity index (χ3v) is 5.52. The normalized spacial score (nSPS) is 21.8. The Bertz CT molecular complexity index is 1040. The van der Waals surface area contributed by atoms with E-state index in [1.807, 2.05) is 0 Å². The number of ether oxygens (including phenoxy) is 1. The number of aromatic nitrogens is 3. The molecule has 7 nitrogen and oxygen atoms in total. The summed E-state index contributed by atoms with van der Waals surface area (Å²) in [5, 5.41) is 0. The van der Waals surface area contributed by atoms with Crippen LogP contribution in [0.25, 0.3) is 0 Å². The summed E-state index contributed by atoms with van der Waals surface area (Å²) in [5.74, 6) is -1.97. The highest BCUT2D eigenvalue weighted by Crippen LogP contribution is 2.39. The van der Waals surface area contributed by atoms with Crippen LogP contribution in [-0.4, -0.2) is 52.6 Å². The van der Waals surface area contributed by atoms with Gasteiger partial charge in [-0.25, -0.2) is 8.78 Å². The lowest BCUT2D eigenvalue weighted by Crippen LogP contribution is -2.51. The van der Waals surface area contributed by atoms with Crippen molar-refractivity contribution in [1.29, 1.82) is 0 Å². The molecule has 0 bridgehead atoms. The van der Waals surface area contributed by atoms with Crippen LogP contribution in [-0.2, 0) is 11.3 Å². The molecule has 2 aromatic heterocycles. The van der Waals surface area contributed by atoms with Gasteiger partial charge in [0.25, 0.3) is 12.0 Å². The van der Waals surface area contributed by atoms with E-state index in [1.165, 1.54) is 4.90 Å². The van der Waals surface area contributed by atoms with E-state index in [1.54, 1.807) is 6.92 Å². The van der Waals surface area contributed by atoms with Crippen molar-refractivity contribution >= 4 is 17.5 Å². The van der Waals surface area contributed by atoms with Crippen molar-refractivity contribution in [1.82, 2.24) is 14.5 Å². The maximum Gasteiger partial charge on any atom is 0.409 e. The first-order chi connectivity index (χ1) is 15.1. The molecule has 0 aromatic carbocycles. The second kappa shape index (κ2) is 8.26. The van der Waals surface area contributed by atoms with Crippen molar-refractivity contribution in [3.05, 3.63) is 40.2 Å². The Labute approximate surface area is 178 Å². The van der Waals surface area contributed by atoms with Gasteiger partial charge in [0.15, 0.2) is 5.82 Å². The quantitative estimate of drug-likeness (QED) is 0.651. The topological polar surface area (TPSA) is 63.5 Å². The van der Waals surface area contributed by atoms with Gasteiger partial charge >= 0.3 is 6.18 Å². The molecule has 32 heavy (non-hydrogen) atoms. The van der Waals surface area contributed by atoms with Gasteiger partial charge in [0.1, 0.15) is 11.7 Å². The maximum absolute atomic E-state index is 14.9. The largest absolute Gasteiger partial charge is 0.409 e. The molecule has 13 heteroatoms. The molecule has 2 aliphatic rings. The third-order valence-electron chi connectivity index (χ3n) is 5.52. The molecule has 174 valence electrons. The molecule has 2 atom stereocenters. The van der Waals surface area contributed by atoms with Crippen molar-refractivity contribution in [3.8, 4) is 0 Å². The number of pyridine rings is 1. The number of hydrogen-bond acceptors (Lipinski definition) is 6. The molecule has 2 aliphatic heterocycles. The predicted molar refractivity (Wildman–Crippen MR) is 102 cm³/mol. The lowest BCUT2D eigenvalue weighted by atomic mass is 10.1. The Kier molecular flexibility index (Phi) is 5.77. The van der Waals surface area contributed by atoms with Gasteiger partial charge in [0.2, 0.25) is 11.8 Å². The van der Waals surface area contributed by atoms with E-state index in [2.05, 4.69) is 9.97 Å². The monoisotopic (exact) mass is 463 g/mol. The molecular formula is C19H19F6N5O2. The fraction of sp³-hybridized carbons (Fsp3) is 0.526. The summed E-state index contributed by atoms with van der Waals surface area (Å²) in [5.41, 5.74) is -1.90. The number of anilines is 3. The zero-order chi connectivity index (χ0) is 23.2. The predicted octanol–water partition coefficient (Wildman–Crippen LogP) is 3.41. The van der Waals surface area contributed by atoms with Gasteiger partial charge in [-0.2, -0.15) is 22.5 Å². The molecule has 2 unspecified atom stereocenters. The third kappa shape index (κ3) is 3.89. The lowest BCUT2D eigenvalue weighted by molar-refractivity contribution is -0.150. The molecule has 4 rings (SSSR count). The number of morpholine rings is 1. The fourth-order valence-electron chi connectivity index (χ4n) is 3.92. The van der Waals surface area contributed by atoms with Gasteiger partial charge in [-0.15, -0.1) is 0 Å². The van der Waals surface area contributed by atoms with E-state index in [9.17, 15) is 31.1 Å². The van der Waals surface area contributed by atoms with E-state index < -0.39 is 54.6 Å². The zero-order valence-corrected chi connectivity index (χ0v) is 16.8. The molecule has 0 saturated carbocycles. The van der Waals surface area contributed by atoms with Crippen molar-refractivity contribution < 1.29 is 31.1 Å². The minimum absolute atomic E-state index is 0.190. The molecule has 1 fully saturated rings. The van der Waals surface area contributed by atoms with Gasteiger partial charge < -0.3 is 9.64 Å². The smallest absolute Gasteiger partial charge is 0.377 e. The van der Waals surface area contributed by atoms with Crippen LogP contribution in [0.1, 0.15) is 25.5 Å². The summed E-state index contributed by atoms with van der Waals surface area (Å²) in [6.07, 6.45) is -7.32. The highest BCUT2D eigenvalue weighted by atomic mass is 19.4. The second-order valence-electron chi connectivity index (χ2n) is 7.58. The first kappa shape index (κ1) is 22.4. The number of nitrogens with zero attached hydrogens (tertiary/aromatic N) is 5. The average molecular weight is 463 g/mol. The number of halogens is 6. The van der Waals surface area contributed by atoms with Gasteiger partial charge in [-0.1, -0.05) is 0 Å². The first-order valence-corrected chi connectivity index (χ1v) is 9.84. The summed E-state index contributed by atoms with van der Waals surface area (Å²) in [6, 6.07) is -0.515. The number of fused-ring (bicyclic) bond motifs is 1. The van der Waals surface area contributed by atoms with E-state index in [4.69, 9.17) is 4.74 Å². The van der Waals surface area contributed by atoms with Crippen LogP contribution >= 0.6 is 0 Å². The van der Waals surface area contributed by atoms with E-state index >= 15 is 0 Å². The van der Waals surface area contributed by atoms with Gasteiger partial charge in [0, 0.05) is 13.1 Å². The summed E-state index contributed by atoms with van der Waals surface area (Å²) in [7, 11) is 0. The molecule has 0 spiro atoms. The highest BCUT2D eigenvalue weighted by Gasteiger charge is 2.48. The summed E-state index contributed by atoms with van der Waals surface area (Å²) < 4.78 is 88.4. The Hall–Kier alpha value is -2.83. The highest BCUT2D eigenvalue weighted by molar-refractivity contribution is 5.61. The molecule has 0 radical (unpaired) electrons. The number of hydrogen-bond donors (Lipinski definition) is 0. The lowest BCUT2D eigenvalue weighted by Gasteiger charge is -2.40. The van der Waals surface area contributed by atoms with Crippen LogP contribution in [0.15, 0.2) is 23.1 Å². The van der Waals surface area contributed by atoms with Crippen LogP contribution in [0.3, 0.4) is 0 Å².